The molecule has 0 saturated carbocycles. The van der Waals surface area contributed by atoms with Crippen molar-refractivity contribution in [1.29, 1.82) is 0 Å². The van der Waals surface area contributed by atoms with Gasteiger partial charge in [0.25, 0.3) is 0 Å². The average Bonchev–Trinajstić information content (AvgIpc) is 3.43. The second-order valence-electron chi connectivity index (χ2n) is 6.72. The lowest BCUT2D eigenvalue weighted by atomic mass is 10.2. The highest BCUT2D eigenvalue weighted by atomic mass is 35.5. The van der Waals surface area contributed by atoms with Gasteiger partial charge in [0.05, 0.1) is 25.6 Å². The number of ether oxygens (including phenoxy) is 2. The van der Waals surface area contributed by atoms with Crippen LogP contribution in [-0.4, -0.2) is 29.7 Å². The maximum absolute atomic E-state index is 12.7. The number of hydrogen-bond donors (Lipinski definition) is 1. The molecule has 0 aliphatic carbocycles. The topological polar surface area (TPSA) is 65.4 Å². The van der Waals surface area contributed by atoms with Crippen molar-refractivity contribution in [2.24, 2.45) is 0 Å². The first kappa shape index (κ1) is 21.0. The summed E-state index contributed by atoms with van der Waals surface area (Å²) in [5.41, 5.74) is 3.35. The van der Waals surface area contributed by atoms with Crippen LogP contribution in [0, 0.1) is 0 Å². The Morgan fingerprint density at radius 2 is 1.81 bits per heavy atom. The molecule has 158 valence electrons. The van der Waals surface area contributed by atoms with Gasteiger partial charge in [0, 0.05) is 46.0 Å². The van der Waals surface area contributed by atoms with Gasteiger partial charge in [0.2, 0.25) is 5.91 Å². The number of amides is 1. The molecular weight excluding hydrogens is 434 g/mol. The molecule has 0 atom stereocenters. The molecule has 0 aliphatic rings. The maximum Gasteiger partial charge on any atom is 0.244 e. The SMILES string of the molecule is COc1cc(NC(=O)Cn2cccc2-c2nc(-c3ccc(Cl)cc3)cs2)cc(OC)c1. The highest BCUT2D eigenvalue weighted by Gasteiger charge is 2.13. The first-order valence-electron chi connectivity index (χ1n) is 9.45. The van der Waals surface area contributed by atoms with E-state index in [0.29, 0.717) is 22.2 Å². The number of hydrogen-bond acceptors (Lipinski definition) is 5. The molecule has 6 nitrogen and oxygen atoms in total. The molecule has 0 saturated heterocycles. The number of nitrogens with zero attached hydrogens (tertiary/aromatic N) is 2. The molecule has 0 bridgehead atoms. The third kappa shape index (κ3) is 4.90. The smallest absolute Gasteiger partial charge is 0.244 e. The van der Waals surface area contributed by atoms with E-state index in [1.807, 2.05) is 52.5 Å². The van der Waals surface area contributed by atoms with Crippen LogP contribution in [0.25, 0.3) is 22.0 Å². The molecule has 4 aromatic rings. The molecule has 1 N–H and O–H groups in total. The van der Waals surface area contributed by atoms with Gasteiger partial charge in [-0.05, 0) is 24.3 Å². The third-order valence-electron chi connectivity index (χ3n) is 4.64. The number of benzene rings is 2. The largest absolute Gasteiger partial charge is 0.497 e. The van der Waals surface area contributed by atoms with Crippen molar-refractivity contribution in [1.82, 2.24) is 9.55 Å². The van der Waals surface area contributed by atoms with Crippen LogP contribution < -0.4 is 14.8 Å². The molecule has 0 unspecified atom stereocenters. The first-order valence-corrected chi connectivity index (χ1v) is 10.7. The standard InChI is InChI=1S/C23H20ClN3O3S/c1-29-18-10-17(11-19(12-18)30-2)25-22(28)13-27-9-3-4-21(27)23-26-20(14-31-23)15-5-7-16(24)8-6-15/h3-12,14H,13H2,1-2H3,(H,25,28). The predicted molar refractivity (Wildman–Crippen MR) is 124 cm³/mol. The molecule has 4 rings (SSSR count). The molecule has 31 heavy (non-hydrogen) atoms. The van der Waals surface area contributed by atoms with Gasteiger partial charge in [-0.2, -0.15) is 0 Å². The zero-order valence-corrected chi connectivity index (χ0v) is 18.5. The molecular formula is C23H20ClN3O3S. The maximum atomic E-state index is 12.7. The van der Waals surface area contributed by atoms with E-state index in [1.54, 1.807) is 32.4 Å². The Bertz CT molecular complexity index is 1180. The summed E-state index contributed by atoms with van der Waals surface area (Å²) in [6, 6.07) is 16.7. The Kier molecular flexibility index (Phi) is 6.25. The fourth-order valence-corrected chi connectivity index (χ4v) is 4.12. The van der Waals surface area contributed by atoms with E-state index in [9.17, 15) is 4.79 Å². The van der Waals surface area contributed by atoms with E-state index in [2.05, 4.69) is 5.32 Å². The highest BCUT2D eigenvalue weighted by molar-refractivity contribution is 7.13. The summed E-state index contributed by atoms with van der Waals surface area (Å²) in [5, 5.41) is 6.42. The van der Waals surface area contributed by atoms with Crippen LogP contribution in [0.2, 0.25) is 5.02 Å². The third-order valence-corrected chi connectivity index (χ3v) is 5.76. The number of anilines is 1. The van der Waals surface area contributed by atoms with Crippen LogP contribution in [0.15, 0.2) is 66.2 Å². The van der Waals surface area contributed by atoms with E-state index in [0.717, 1.165) is 22.0 Å². The molecule has 0 aliphatic heterocycles. The van der Waals surface area contributed by atoms with Crippen LogP contribution in [0.5, 0.6) is 11.5 Å². The number of rotatable bonds is 7. The normalized spacial score (nSPS) is 10.7. The van der Waals surface area contributed by atoms with Crippen molar-refractivity contribution < 1.29 is 14.3 Å². The zero-order valence-electron chi connectivity index (χ0n) is 17.0. The minimum Gasteiger partial charge on any atom is -0.497 e. The van der Waals surface area contributed by atoms with E-state index >= 15 is 0 Å². The van der Waals surface area contributed by atoms with Crippen molar-refractivity contribution in [3.8, 4) is 33.5 Å². The Hall–Kier alpha value is -3.29. The van der Waals surface area contributed by atoms with Crippen LogP contribution in [-0.2, 0) is 11.3 Å². The summed E-state index contributed by atoms with van der Waals surface area (Å²) in [7, 11) is 3.14. The fraction of sp³-hybridized carbons (Fsp3) is 0.130. The lowest BCUT2D eigenvalue weighted by molar-refractivity contribution is -0.116. The summed E-state index contributed by atoms with van der Waals surface area (Å²) >= 11 is 7.51. The van der Waals surface area contributed by atoms with E-state index in [1.165, 1.54) is 11.3 Å². The van der Waals surface area contributed by atoms with Crippen molar-refractivity contribution in [3.63, 3.8) is 0 Å². The zero-order chi connectivity index (χ0) is 21.8. The quantitative estimate of drug-likeness (QED) is 0.396. The monoisotopic (exact) mass is 453 g/mol. The second-order valence-corrected chi connectivity index (χ2v) is 8.01. The molecule has 0 radical (unpaired) electrons. The van der Waals surface area contributed by atoms with E-state index < -0.39 is 0 Å². The van der Waals surface area contributed by atoms with Crippen LogP contribution in [0.4, 0.5) is 5.69 Å². The van der Waals surface area contributed by atoms with Gasteiger partial charge in [-0.25, -0.2) is 4.98 Å². The summed E-state index contributed by atoms with van der Waals surface area (Å²) in [4.78, 5) is 17.4. The Morgan fingerprint density at radius 1 is 1.10 bits per heavy atom. The van der Waals surface area contributed by atoms with Gasteiger partial charge >= 0.3 is 0 Å². The minimum absolute atomic E-state index is 0.151. The lowest BCUT2D eigenvalue weighted by Gasteiger charge is -2.11. The van der Waals surface area contributed by atoms with Gasteiger partial charge in [0.15, 0.2) is 0 Å². The molecule has 2 heterocycles. The van der Waals surface area contributed by atoms with Crippen molar-refractivity contribution in [2.45, 2.75) is 6.54 Å². The average molecular weight is 454 g/mol. The number of thiazole rings is 1. The van der Waals surface area contributed by atoms with E-state index in [-0.39, 0.29) is 12.5 Å². The summed E-state index contributed by atoms with van der Waals surface area (Å²) in [5.74, 6) is 1.05. The van der Waals surface area contributed by atoms with Gasteiger partial charge < -0.3 is 19.4 Å². The molecule has 2 aromatic carbocycles. The molecule has 8 heteroatoms. The Labute approximate surface area is 189 Å². The molecule has 1 amide bonds. The highest BCUT2D eigenvalue weighted by Crippen LogP contribution is 2.30. The number of aromatic nitrogens is 2. The summed E-state index contributed by atoms with van der Waals surface area (Å²) in [6.45, 7) is 0.151. The Morgan fingerprint density at radius 3 is 2.48 bits per heavy atom. The van der Waals surface area contributed by atoms with Crippen molar-refractivity contribution in [3.05, 3.63) is 71.2 Å². The Balaban J connectivity index is 1.50. The van der Waals surface area contributed by atoms with Gasteiger partial charge in [-0.15, -0.1) is 11.3 Å². The van der Waals surface area contributed by atoms with Gasteiger partial charge in [-0.1, -0.05) is 23.7 Å². The molecule has 0 spiro atoms. The second kappa shape index (κ2) is 9.24. The van der Waals surface area contributed by atoms with Gasteiger partial charge in [0.1, 0.15) is 23.1 Å². The number of nitrogens with one attached hydrogen (secondary N) is 1. The van der Waals surface area contributed by atoms with Gasteiger partial charge in [-0.3, -0.25) is 4.79 Å². The summed E-state index contributed by atoms with van der Waals surface area (Å²) in [6.07, 6.45) is 1.87. The number of carbonyl (C=O) groups is 1. The predicted octanol–water partition coefficient (Wildman–Crippen LogP) is 5.59. The summed E-state index contributed by atoms with van der Waals surface area (Å²) < 4.78 is 12.4. The van der Waals surface area contributed by atoms with Crippen LogP contribution in [0.1, 0.15) is 0 Å². The molecule has 0 fully saturated rings. The fourth-order valence-electron chi connectivity index (χ4n) is 3.13. The number of carbonyl (C=O) groups excluding carboxylic acids is 1. The minimum atomic E-state index is -0.165. The van der Waals surface area contributed by atoms with Crippen molar-refractivity contribution >= 4 is 34.5 Å². The van der Waals surface area contributed by atoms with Crippen LogP contribution in [0.3, 0.4) is 0 Å². The lowest BCUT2D eigenvalue weighted by Crippen LogP contribution is -2.18. The molecule has 2 aromatic heterocycles. The number of methoxy groups -OCH3 is 2. The number of halogens is 1. The first-order chi connectivity index (χ1) is 15.1. The van der Waals surface area contributed by atoms with Crippen LogP contribution >= 0.6 is 22.9 Å². The van der Waals surface area contributed by atoms with E-state index in [4.69, 9.17) is 26.1 Å². The van der Waals surface area contributed by atoms with Crippen molar-refractivity contribution in [2.75, 3.05) is 19.5 Å².